The van der Waals surface area contributed by atoms with Crippen LogP contribution in [-0.2, 0) is 22.4 Å². The normalized spacial score (nSPS) is 12.6. The van der Waals surface area contributed by atoms with Crippen molar-refractivity contribution in [3.8, 4) is 33.8 Å². The third-order valence-electron chi connectivity index (χ3n) is 9.46. The van der Waals surface area contributed by atoms with Crippen molar-refractivity contribution in [1.29, 1.82) is 0 Å². The van der Waals surface area contributed by atoms with Gasteiger partial charge in [0.2, 0.25) is 0 Å². The van der Waals surface area contributed by atoms with Crippen molar-refractivity contribution in [3.63, 3.8) is 0 Å². The highest BCUT2D eigenvalue weighted by Gasteiger charge is 2.33. The van der Waals surface area contributed by atoms with Crippen molar-refractivity contribution >= 4 is 17.1 Å². The van der Waals surface area contributed by atoms with Crippen LogP contribution in [0.3, 0.4) is 0 Å². The molecule has 0 radical (unpaired) electrons. The van der Waals surface area contributed by atoms with Gasteiger partial charge in [-0.1, -0.05) is 123 Å². The fraction of sp³-hybridized carbons (Fsp3) is 0.289. The van der Waals surface area contributed by atoms with Crippen LogP contribution in [0.2, 0.25) is 0 Å². The van der Waals surface area contributed by atoms with E-state index >= 15 is 0 Å². The van der Waals surface area contributed by atoms with E-state index in [1.165, 1.54) is 16.7 Å². The predicted octanol–water partition coefficient (Wildman–Crippen LogP) is 13.2. The summed E-state index contributed by atoms with van der Waals surface area (Å²) in [4.78, 5) is 7.04. The number of rotatable bonds is 6. The van der Waals surface area contributed by atoms with Crippen LogP contribution in [0.15, 0.2) is 115 Å². The van der Waals surface area contributed by atoms with Gasteiger partial charge >= 0.3 is 6.18 Å². The molecule has 1 N–H and O–H groups in total. The van der Waals surface area contributed by atoms with Crippen LogP contribution in [0.25, 0.3) is 33.8 Å². The fourth-order valence-corrected chi connectivity index (χ4v) is 6.19. The summed E-state index contributed by atoms with van der Waals surface area (Å²) >= 11 is 0. The summed E-state index contributed by atoms with van der Waals surface area (Å²) in [5.74, 6) is 0. The highest BCUT2D eigenvalue weighted by molar-refractivity contribution is 5.80. The predicted molar refractivity (Wildman–Crippen MR) is 208 cm³/mol. The topological polar surface area (TPSA) is 44.8 Å². The lowest BCUT2D eigenvalue weighted by molar-refractivity contribution is -0.141. The Hall–Kier alpha value is -5.17. The van der Waals surface area contributed by atoms with E-state index in [2.05, 4.69) is 150 Å². The molecule has 0 spiro atoms. The van der Waals surface area contributed by atoms with E-state index in [1.807, 2.05) is 30.3 Å². The molecule has 0 bridgehead atoms. The molecule has 7 heteroatoms. The second-order valence-corrected chi connectivity index (χ2v) is 16.6. The van der Waals surface area contributed by atoms with Crippen LogP contribution in [0, 0.1) is 0 Å². The molecule has 268 valence electrons. The molecule has 2 heterocycles. The van der Waals surface area contributed by atoms with Gasteiger partial charge in [0, 0.05) is 22.6 Å². The molecule has 0 aliphatic heterocycles. The molecule has 0 saturated heterocycles. The molecule has 52 heavy (non-hydrogen) atoms. The summed E-state index contributed by atoms with van der Waals surface area (Å²) in [6, 6.07) is 38.6. The summed E-state index contributed by atoms with van der Waals surface area (Å²) in [5, 5.41) is 6.14. The molecular formula is C45H47F3N4. The van der Waals surface area contributed by atoms with Gasteiger partial charge in [0.1, 0.15) is 11.4 Å². The molecule has 0 saturated carbocycles. The molecule has 0 fully saturated rings. The highest BCUT2D eigenvalue weighted by Crippen LogP contribution is 2.39. The molecule has 0 atom stereocenters. The van der Waals surface area contributed by atoms with E-state index in [0.717, 1.165) is 39.8 Å². The van der Waals surface area contributed by atoms with E-state index in [-0.39, 0.29) is 21.9 Å². The van der Waals surface area contributed by atoms with Crippen LogP contribution in [0.5, 0.6) is 0 Å². The molecule has 0 amide bonds. The van der Waals surface area contributed by atoms with Crippen molar-refractivity contribution in [2.24, 2.45) is 0 Å². The molecule has 4 nitrogen and oxygen atoms in total. The second kappa shape index (κ2) is 13.4. The van der Waals surface area contributed by atoms with Crippen molar-refractivity contribution in [2.45, 2.75) is 84.7 Å². The molecule has 6 aromatic rings. The van der Waals surface area contributed by atoms with Gasteiger partial charge in [-0.3, -0.25) is 5.10 Å². The Balaban J connectivity index is 1.43. The number of benzene rings is 4. The number of hydrogen-bond donors (Lipinski definition) is 1. The molecule has 0 unspecified atom stereocenters. The lowest BCUT2D eigenvalue weighted by Crippen LogP contribution is -2.14. The largest absolute Gasteiger partial charge is 0.432 e. The highest BCUT2D eigenvalue weighted by atomic mass is 19.4. The summed E-state index contributed by atoms with van der Waals surface area (Å²) < 4.78 is 40.6. The number of aromatic amines is 1. The van der Waals surface area contributed by atoms with Crippen LogP contribution in [0.1, 0.15) is 84.7 Å². The zero-order valence-corrected chi connectivity index (χ0v) is 31.4. The number of nitrogens with zero attached hydrogens (tertiary/aromatic N) is 3. The number of aromatic nitrogens is 3. The van der Waals surface area contributed by atoms with E-state index in [9.17, 15) is 13.2 Å². The number of pyridine rings is 1. The quantitative estimate of drug-likeness (QED) is 0.188. The lowest BCUT2D eigenvalue weighted by atomic mass is 9.86. The average Bonchev–Trinajstić information content (AvgIpc) is 3.60. The standard InChI is InChI=1S/C45H47F3N4/c1-42(2,3)32-14-10-30(11-15-32)38-26-31(27-39(49-38)40-28-41(51-50-40)45(46,47)48)29-12-20-35(21-13-29)52(36-22-16-33(17-23-36)43(4,5)6)37-24-18-34(19-25-37)44(7,8)9/h10-28H,1-9H3,(H,50,51). The van der Waals surface area contributed by atoms with Crippen molar-refractivity contribution in [2.75, 3.05) is 4.90 Å². The Kier molecular flexibility index (Phi) is 9.45. The Morgan fingerprint density at radius 3 is 1.23 bits per heavy atom. The minimum Gasteiger partial charge on any atom is -0.311 e. The second-order valence-electron chi connectivity index (χ2n) is 16.6. The minimum absolute atomic E-state index is 0.0269. The third kappa shape index (κ3) is 7.99. The zero-order chi connectivity index (χ0) is 37.6. The van der Waals surface area contributed by atoms with E-state index < -0.39 is 11.9 Å². The Labute approximate surface area is 305 Å². The van der Waals surface area contributed by atoms with Crippen molar-refractivity contribution < 1.29 is 13.2 Å². The Morgan fingerprint density at radius 1 is 0.442 bits per heavy atom. The van der Waals surface area contributed by atoms with Gasteiger partial charge in [-0.15, -0.1) is 0 Å². The van der Waals surface area contributed by atoms with Crippen molar-refractivity contribution in [3.05, 3.63) is 138 Å². The van der Waals surface area contributed by atoms with Crippen LogP contribution in [0.4, 0.5) is 30.2 Å². The van der Waals surface area contributed by atoms with Gasteiger partial charge in [0.05, 0.1) is 11.4 Å². The van der Waals surface area contributed by atoms with Gasteiger partial charge in [-0.2, -0.15) is 18.3 Å². The summed E-state index contributed by atoms with van der Waals surface area (Å²) in [5.41, 5.74) is 9.56. The molecule has 0 aliphatic carbocycles. The number of H-pyrrole nitrogens is 1. The molecule has 2 aromatic heterocycles. The summed E-state index contributed by atoms with van der Waals surface area (Å²) in [7, 11) is 0. The maximum absolute atomic E-state index is 13.5. The van der Waals surface area contributed by atoms with Crippen LogP contribution >= 0.6 is 0 Å². The fourth-order valence-electron chi connectivity index (χ4n) is 6.19. The molecule has 6 rings (SSSR count). The number of anilines is 3. The number of alkyl halides is 3. The first-order chi connectivity index (χ1) is 24.3. The van der Waals surface area contributed by atoms with E-state index in [1.54, 1.807) is 6.07 Å². The first-order valence-electron chi connectivity index (χ1n) is 17.6. The van der Waals surface area contributed by atoms with Gasteiger partial charge in [0.15, 0.2) is 0 Å². The molecule has 4 aromatic carbocycles. The SMILES string of the molecule is CC(C)(C)c1ccc(-c2cc(-c3ccc(N(c4ccc(C(C)(C)C)cc4)c4ccc(C(C)(C)C)cc4)cc3)cc(-c3cc(C(F)(F)F)[nH]n3)n2)cc1. The smallest absolute Gasteiger partial charge is 0.311 e. The zero-order valence-electron chi connectivity index (χ0n) is 31.4. The van der Waals surface area contributed by atoms with Gasteiger partial charge < -0.3 is 4.90 Å². The number of halogens is 3. The van der Waals surface area contributed by atoms with Crippen molar-refractivity contribution in [1.82, 2.24) is 15.2 Å². The van der Waals surface area contributed by atoms with Gasteiger partial charge in [-0.25, -0.2) is 4.98 Å². The van der Waals surface area contributed by atoms with E-state index in [0.29, 0.717) is 11.4 Å². The first-order valence-corrected chi connectivity index (χ1v) is 17.6. The average molecular weight is 701 g/mol. The third-order valence-corrected chi connectivity index (χ3v) is 9.46. The maximum Gasteiger partial charge on any atom is 0.432 e. The van der Waals surface area contributed by atoms with Crippen LogP contribution < -0.4 is 4.90 Å². The maximum atomic E-state index is 13.5. The lowest BCUT2D eigenvalue weighted by Gasteiger charge is -2.28. The molecule has 0 aliphatic rings. The minimum atomic E-state index is -4.55. The monoisotopic (exact) mass is 700 g/mol. The summed E-state index contributed by atoms with van der Waals surface area (Å²) in [6.45, 7) is 19.7. The van der Waals surface area contributed by atoms with Gasteiger partial charge in [0.25, 0.3) is 0 Å². The molecular weight excluding hydrogens is 654 g/mol. The van der Waals surface area contributed by atoms with Crippen LogP contribution in [-0.4, -0.2) is 15.2 Å². The number of hydrogen-bond acceptors (Lipinski definition) is 3. The van der Waals surface area contributed by atoms with Gasteiger partial charge in [-0.05, 0) is 98.7 Å². The first kappa shape index (κ1) is 36.6. The Morgan fingerprint density at radius 2 is 0.827 bits per heavy atom. The number of nitrogens with one attached hydrogen (secondary N) is 1. The van der Waals surface area contributed by atoms with E-state index in [4.69, 9.17) is 4.98 Å². The summed E-state index contributed by atoms with van der Waals surface area (Å²) in [6.07, 6.45) is -4.55. The Bertz CT molecular complexity index is 2080.